The van der Waals surface area contributed by atoms with E-state index in [4.69, 9.17) is 26.1 Å². The van der Waals surface area contributed by atoms with Crippen LogP contribution in [0, 0.1) is 0 Å². The lowest BCUT2D eigenvalue weighted by Crippen LogP contribution is -2.37. The molecule has 0 aliphatic carbocycles. The van der Waals surface area contributed by atoms with E-state index in [9.17, 15) is 4.79 Å². The number of carbonyl (C=O) groups excluding carboxylic acids is 1. The van der Waals surface area contributed by atoms with E-state index in [1.807, 2.05) is 36.0 Å². The Hall–Kier alpha value is -2.77. The second-order valence-electron chi connectivity index (χ2n) is 7.12. The molecule has 1 aromatic carbocycles. The molecule has 4 rings (SSSR count). The van der Waals surface area contributed by atoms with Gasteiger partial charge in [0.2, 0.25) is 5.91 Å². The van der Waals surface area contributed by atoms with Crippen molar-refractivity contribution in [3.63, 3.8) is 0 Å². The minimum atomic E-state index is -0.0766. The molecule has 152 valence electrons. The summed E-state index contributed by atoms with van der Waals surface area (Å²) >= 11 is 6.30. The summed E-state index contributed by atoms with van der Waals surface area (Å²) in [7, 11) is 5.13. The maximum atomic E-state index is 12.5. The number of aromatic nitrogens is 2. The number of likely N-dealkylation sites (N-methyl/N-ethyl adjacent to an activating group) is 1. The molecule has 0 spiro atoms. The van der Waals surface area contributed by atoms with Crippen LogP contribution >= 0.6 is 11.6 Å². The molecule has 0 radical (unpaired) electrons. The molecule has 0 unspecified atom stereocenters. The number of rotatable bonds is 5. The van der Waals surface area contributed by atoms with Gasteiger partial charge in [-0.3, -0.25) is 9.69 Å². The SMILES string of the molecule is COc1cc(OC)c(-c2cn3ccc(NC(=O)[C@@H]4CCCN4C)cc3n2)cc1Cl. The summed E-state index contributed by atoms with van der Waals surface area (Å²) in [5, 5.41) is 3.49. The third kappa shape index (κ3) is 3.75. The van der Waals surface area contributed by atoms with E-state index in [0.29, 0.717) is 27.9 Å². The predicted octanol–water partition coefficient (Wildman–Crippen LogP) is 3.70. The summed E-state index contributed by atoms with van der Waals surface area (Å²) < 4.78 is 12.6. The van der Waals surface area contributed by atoms with Gasteiger partial charge in [0.25, 0.3) is 0 Å². The van der Waals surface area contributed by atoms with Crippen LogP contribution in [0.25, 0.3) is 16.9 Å². The molecule has 3 aromatic rings. The second-order valence-corrected chi connectivity index (χ2v) is 7.53. The Morgan fingerprint density at radius 1 is 1.24 bits per heavy atom. The highest BCUT2D eigenvalue weighted by molar-refractivity contribution is 6.32. The van der Waals surface area contributed by atoms with Crippen LogP contribution in [0.1, 0.15) is 12.8 Å². The van der Waals surface area contributed by atoms with Crippen LogP contribution in [0.5, 0.6) is 11.5 Å². The number of hydrogen-bond acceptors (Lipinski definition) is 5. The normalized spacial score (nSPS) is 16.9. The highest BCUT2D eigenvalue weighted by Crippen LogP contribution is 2.38. The number of carbonyl (C=O) groups is 1. The van der Waals surface area contributed by atoms with Crippen molar-refractivity contribution in [2.75, 3.05) is 33.1 Å². The molecule has 1 atom stereocenters. The summed E-state index contributed by atoms with van der Waals surface area (Å²) in [6.07, 6.45) is 5.70. The van der Waals surface area contributed by atoms with Crippen molar-refractivity contribution in [3.8, 4) is 22.8 Å². The quantitative estimate of drug-likeness (QED) is 0.689. The Morgan fingerprint density at radius 2 is 2.03 bits per heavy atom. The van der Waals surface area contributed by atoms with Gasteiger partial charge >= 0.3 is 0 Å². The zero-order chi connectivity index (χ0) is 20.5. The summed E-state index contributed by atoms with van der Waals surface area (Å²) in [5.74, 6) is 1.18. The molecule has 8 heteroatoms. The van der Waals surface area contributed by atoms with E-state index in [2.05, 4.69) is 10.2 Å². The number of imidazole rings is 1. The lowest BCUT2D eigenvalue weighted by atomic mass is 10.1. The number of nitrogens with zero attached hydrogens (tertiary/aromatic N) is 3. The number of halogens is 1. The van der Waals surface area contributed by atoms with Gasteiger partial charge in [-0.2, -0.15) is 0 Å². The van der Waals surface area contributed by atoms with Crippen LogP contribution in [0.4, 0.5) is 5.69 Å². The Labute approximate surface area is 174 Å². The number of amides is 1. The number of benzene rings is 1. The molecule has 0 saturated carbocycles. The number of anilines is 1. The summed E-state index contributed by atoms with van der Waals surface area (Å²) in [5.41, 5.74) is 2.91. The number of hydrogen-bond donors (Lipinski definition) is 1. The number of ether oxygens (including phenoxy) is 2. The lowest BCUT2D eigenvalue weighted by Gasteiger charge is -2.18. The molecule has 0 bridgehead atoms. The first-order chi connectivity index (χ1) is 14.0. The van der Waals surface area contributed by atoms with Crippen molar-refractivity contribution in [2.45, 2.75) is 18.9 Å². The van der Waals surface area contributed by atoms with Crippen LogP contribution in [0.3, 0.4) is 0 Å². The van der Waals surface area contributed by atoms with Crippen LogP contribution in [0.2, 0.25) is 5.02 Å². The van der Waals surface area contributed by atoms with Crippen molar-refractivity contribution < 1.29 is 14.3 Å². The van der Waals surface area contributed by atoms with Gasteiger partial charge in [0.05, 0.1) is 31.0 Å². The van der Waals surface area contributed by atoms with Crippen molar-refractivity contribution in [2.24, 2.45) is 0 Å². The van der Waals surface area contributed by atoms with E-state index < -0.39 is 0 Å². The number of methoxy groups -OCH3 is 2. The average molecular weight is 415 g/mol. The maximum absolute atomic E-state index is 12.5. The number of pyridine rings is 1. The molecule has 3 heterocycles. The Morgan fingerprint density at radius 3 is 2.72 bits per heavy atom. The minimum Gasteiger partial charge on any atom is -0.496 e. The van der Waals surface area contributed by atoms with Crippen molar-refractivity contribution in [3.05, 3.63) is 41.7 Å². The van der Waals surface area contributed by atoms with E-state index >= 15 is 0 Å². The van der Waals surface area contributed by atoms with E-state index in [1.54, 1.807) is 26.4 Å². The van der Waals surface area contributed by atoms with E-state index in [-0.39, 0.29) is 11.9 Å². The largest absolute Gasteiger partial charge is 0.496 e. The third-order valence-corrected chi connectivity index (χ3v) is 5.60. The van der Waals surface area contributed by atoms with Gasteiger partial charge in [-0.05, 0) is 38.6 Å². The highest BCUT2D eigenvalue weighted by atomic mass is 35.5. The molecule has 1 fully saturated rings. The Balaban J connectivity index is 1.64. The van der Waals surface area contributed by atoms with Gasteiger partial charge in [-0.25, -0.2) is 4.98 Å². The Bertz CT molecular complexity index is 1070. The zero-order valence-electron chi connectivity index (χ0n) is 16.6. The van der Waals surface area contributed by atoms with E-state index in [0.717, 1.165) is 30.6 Å². The predicted molar refractivity (Wildman–Crippen MR) is 113 cm³/mol. The number of fused-ring (bicyclic) bond motifs is 1. The highest BCUT2D eigenvalue weighted by Gasteiger charge is 2.27. The molecule has 1 aliphatic rings. The Kier molecular flexibility index (Phi) is 5.34. The fraction of sp³-hybridized carbons (Fsp3) is 0.333. The first-order valence-corrected chi connectivity index (χ1v) is 9.79. The topological polar surface area (TPSA) is 68.1 Å². The standard InChI is InChI=1S/C21H23ClN4O3/c1-25-7-4-5-17(25)21(27)23-13-6-8-26-12-16(24-20(26)9-13)14-10-15(22)19(29-3)11-18(14)28-2/h6,8-12,17H,4-5,7H2,1-3H3,(H,23,27)/t17-/m0/s1. The van der Waals surface area contributed by atoms with Gasteiger partial charge < -0.3 is 19.2 Å². The first-order valence-electron chi connectivity index (χ1n) is 9.42. The average Bonchev–Trinajstić information content (AvgIpc) is 3.33. The molecule has 1 N–H and O–H groups in total. The first kappa shape index (κ1) is 19.5. The number of nitrogens with one attached hydrogen (secondary N) is 1. The zero-order valence-corrected chi connectivity index (χ0v) is 17.4. The van der Waals surface area contributed by atoms with Crippen LogP contribution < -0.4 is 14.8 Å². The maximum Gasteiger partial charge on any atom is 0.241 e. The van der Waals surface area contributed by atoms with Crippen LogP contribution in [-0.4, -0.2) is 54.0 Å². The minimum absolute atomic E-state index is 0.0183. The second kappa shape index (κ2) is 7.93. The molecule has 1 saturated heterocycles. The third-order valence-electron chi connectivity index (χ3n) is 5.30. The van der Waals surface area contributed by atoms with Crippen molar-refractivity contribution in [1.82, 2.24) is 14.3 Å². The number of likely N-dealkylation sites (tertiary alicyclic amines) is 1. The molecule has 7 nitrogen and oxygen atoms in total. The molecule has 1 aliphatic heterocycles. The fourth-order valence-corrected chi connectivity index (χ4v) is 3.96. The summed E-state index contributed by atoms with van der Waals surface area (Å²) in [6.45, 7) is 0.951. The van der Waals surface area contributed by atoms with Crippen molar-refractivity contribution >= 4 is 28.8 Å². The molecular formula is C21H23ClN4O3. The summed E-state index contributed by atoms with van der Waals surface area (Å²) in [6, 6.07) is 7.16. The smallest absolute Gasteiger partial charge is 0.241 e. The van der Waals surface area contributed by atoms with Crippen LogP contribution in [-0.2, 0) is 4.79 Å². The monoisotopic (exact) mass is 414 g/mol. The van der Waals surface area contributed by atoms with Crippen LogP contribution in [0.15, 0.2) is 36.7 Å². The molecular weight excluding hydrogens is 392 g/mol. The molecule has 2 aromatic heterocycles. The fourth-order valence-electron chi connectivity index (χ4n) is 3.72. The molecule has 29 heavy (non-hydrogen) atoms. The van der Waals surface area contributed by atoms with Gasteiger partial charge in [-0.1, -0.05) is 11.6 Å². The van der Waals surface area contributed by atoms with Gasteiger partial charge in [-0.15, -0.1) is 0 Å². The van der Waals surface area contributed by atoms with Gasteiger partial charge in [0, 0.05) is 35.8 Å². The van der Waals surface area contributed by atoms with Gasteiger partial charge in [0.15, 0.2) is 0 Å². The molecule has 1 amide bonds. The van der Waals surface area contributed by atoms with Gasteiger partial charge in [0.1, 0.15) is 17.1 Å². The lowest BCUT2D eigenvalue weighted by molar-refractivity contribution is -0.119. The van der Waals surface area contributed by atoms with E-state index in [1.165, 1.54) is 0 Å². The summed E-state index contributed by atoms with van der Waals surface area (Å²) in [4.78, 5) is 19.3. The van der Waals surface area contributed by atoms with Crippen molar-refractivity contribution in [1.29, 1.82) is 0 Å².